The SMILES string of the molecule is Fc1ccc(CN(Cc2cc(-c3ccc4n[nH]nc4c3)ccc2F)C[C@H]2CCCN2)cc1. The maximum atomic E-state index is 14.8. The van der Waals surface area contributed by atoms with Gasteiger partial charge in [-0.15, -0.1) is 0 Å². The Kier molecular flexibility index (Phi) is 5.92. The van der Waals surface area contributed by atoms with Crippen LogP contribution in [0.3, 0.4) is 0 Å². The van der Waals surface area contributed by atoms with Gasteiger partial charge in [-0.05, 0) is 72.5 Å². The summed E-state index contributed by atoms with van der Waals surface area (Å²) in [4.78, 5) is 2.24. The van der Waals surface area contributed by atoms with Crippen LogP contribution < -0.4 is 5.32 Å². The van der Waals surface area contributed by atoms with E-state index in [1.807, 2.05) is 24.3 Å². The minimum atomic E-state index is -0.249. The Morgan fingerprint density at radius 3 is 2.47 bits per heavy atom. The lowest BCUT2D eigenvalue weighted by molar-refractivity contribution is 0.230. The zero-order chi connectivity index (χ0) is 21.9. The summed E-state index contributed by atoms with van der Waals surface area (Å²) in [6, 6.07) is 18.0. The molecule has 32 heavy (non-hydrogen) atoms. The minimum absolute atomic E-state index is 0.222. The van der Waals surface area contributed by atoms with Gasteiger partial charge in [0.05, 0.1) is 0 Å². The number of aromatic nitrogens is 3. The van der Waals surface area contributed by atoms with E-state index in [0.717, 1.165) is 53.7 Å². The predicted octanol–water partition coefficient (Wildman–Crippen LogP) is 4.66. The average molecular weight is 434 g/mol. The summed E-state index contributed by atoms with van der Waals surface area (Å²) < 4.78 is 28.2. The Labute approximate surface area is 185 Å². The lowest BCUT2D eigenvalue weighted by Gasteiger charge is -2.26. The highest BCUT2D eigenvalue weighted by molar-refractivity contribution is 5.81. The van der Waals surface area contributed by atoms with Gasteiger partial charge < -0.3 is 5.32 Å². The van der Waals surface area contributed by atoms with Gasteiger partial charge in [-0.1, -0.05) is 24.3 Å². The van der Waals surface area contributed by atoms with Crippen LogP contribution in [0, 0.1) is 11.6 Å². The van der Waals surface area contributed by atoms with E-state index in [9.17, 15) is 8.78 Å². The van der Waals surface area contributed by atoms with Gasteiger partial charge in [0.2, 0.25) is 0 Å². The molecule has 1 atom stereocenters. The number of nitrogens with one attached hydrogen (secondary N) is 2. The highest BCUT2D eigenvalue weighted by atomic mass is 19.1. The first-order chi connectivity index (χ1) is 15.6. The summed E-state index contributed by atoms with van der Waals surface area (Å²) >= 11 is 0. The molecular formula is C25H25F2N5. The molecule has 164 valence electrons. The maximum Gasteiger partial charge on any atom is 0.127 e. The zero-order valence-electron chi connectivity index (χ0n) is 17.7. The number of benzene rings is 3. The quantitative estimate of drug-likeness (QED) is 0.445. The predicted molar refractivity (Wildman–Crippen MR) is 121 cm³/mol. The van der Waals surface area contributed by atoms with Crippen molar-refractivity contribution in [1.82, 2.24) is 25.6 Å². The van der Waals surface area contributed by atoms with E-state index >= 15 is 0 Å². The molecule has 2 N–H and O–H groups in total. The van der Waals surface area contributed by atoms with E-state index in [0.29, 0.717) is 24.7 Å². The summed E-state index contributed by atoms with van der Waals surface area (Å²) in [6.07, 6.45) is 2.27. The van der Waals surface area contributed by atoms with Crippen LogP contribution in [0.1, 0.15) is 24.0 Å². The molecule has 0 radical (unpaired) electrons. The van der Waals surface area contributed by atoms with Gasteiger partial charge in [0, 0.05) is 31.2 Å². The molecule has 0 bridgehead atoms. The fourth-order valence-corrected chi connectivity index (χ4v) is 4.39. The van der Waals surface area contributed by atoms with Crippen molar-refractivity contribution in [2.75, 3.05) is 13.1 Å². The second kappa shape index (κ2) is 9.14. The second-order valence-electron chi connectivity index (χ2n) is 8.42. The third kappa shape index (κ3) is 4.69. The molecule has 1 aliphatic heterocycles. The summed E-state index contributed by atoms with van der Waals surface area (Å²) in [5.41, 5.74) is 5.13. The maximum absolute atomic E-state index is 14.8. The first kappa shape index (κ1) is 20.7. The molecule has 1 saturated heterocycles. The normalized spacial score (nSPS) is 16.3. The lowest BCUT2D eigenvalue weighted by atomic mass is 10.0. The van der Waals surface area contributed by atoms with Crippen LogP contribution in [0.4, 0.5) is 8.78 Å². The van der Waals surface area contributed by atoms with E-state index < -0.39 is 0 Å². The molecule has 1 aliphatic rings. The molecular weight excluding hydrogens is 408 g/mol. The zero-order valence-corrected chi connectivity index (χ0v) is 17.7. The van der Waals surface area contributed by atoms with Crippen LogP contribution >= 0.6 is 0 Å². The molecule has 3 aromatic carbocycles. The van der Waals surface area contributed by atoms with Gasteiger partial charge in [0.1, 0.15) is 22.7 Å². The molecule has 5 rings (SSSR count). The van der Waals surface area contributed by atoms with Crippen molar-refractivity contribution in [3.8, 4) is 11.1 Å². The number of H-pyrrole nitrogens is 1. The molecule has 5 nitrogen and oxygen atoms in total. The Bertz CT molecular complexity index is 1200. The van der Waals surface area contributed by atoms with Gasteiger partial charge in [-0.25, -0.2) is 8.78 Å². The summed E-state index contributed by atoms with van der Waals surface area (Å²) in [5, 5.41) is 14.4. The highest BCUT2D eigenvalue weighted by Gasteiger charge is 2.20. The molecule has 0 saturated carbocycles. The van der Waals surface area contributed by atoms with Gasteiger partial charge in [0.15, 0.2) is 0 Å². The van der Waals surface area contributed by atoms with E-state index in [-0.39, 0.29) is 11.6 Å². The monoisotopic (exact) mass is 433 g/mol. The number of aromatic amines is 1. The van der Waals surface area contributed by atoms with E-state index in [1.165, 1.54) is 18.2 Å². The average Bonchev–Trinajstić information content (AvgIpc) is 3.48. The molecule has 1 aromatic heterocycles. The Morgan fingerprint density at radius 1 is 0.875 bits per heavy atom. The molecule has 0 amide bonds. The van der Waals surface area contributed by atoms with Crippen molar-refractivity contribution in [3.63, 3.8) is 0 Å². The number of hydrogen-bond donors (Lipinski definition) is 2. The van der Waals surface area contributed by atoms with Crippen LogP contribution in [-0.2, 0) is 13.1 Å². The Morgan fingerprint density at radius 2 is 1.66 bits per heavy atom. The lowest BCUT2D eigenvalue weighted by Crippen LogP contribution is -2.37. The van der Waals surface area contributed by atoms with Crippen LogP contribution in [-0.4, -0.2) is 39.4 Å². The fourth-order valence-electron chi connectivity index (χ4n) is 4.39. The number of fused-ring (bicyclic) bond motifs is 1. The summed E-state index contributed by atoms with van der Waals surface area (Å²) in [6.45, 7) is 2.93. The molecule has 0 unspecified atom stereocenters. The standard InChI is InChI=1S/C25H25F2N5/c26-21-7-3-17(4-8-21)14-32(16-22-2-1-11-28-22)15-20-12-18(5-9-23(20)27)19-6-10-24-25(13-19)30-31-29-24/h3-10,12-13,22,28H,1-2,11,14-16H2,(H,29,30,31)/t22-/m1/s1. The van der Waals surface area contributed by atoms with Crippen molar-refractivity contribution in [3.05, 3.63) is 83.4 Å². The van der Waals surface area contributed by atoms with Crippen LogP contribution in [0.2, 0.25) is 0 Å². The van der Waals surface area contributed by atoms with Gasteiger partial charge in [-0.2, -0.15) is 15.4 Å². The highest BCUT2D eigenvalue weighted by Crippen LogP contribution is 2.26. The fraction of sp³-hybridized carbons (Fsp3) is 0.280. The van der Waals surface area contributed by atoms with Crippen LogP contribution in [0.15, 0.2) is 60.7 Å². The summed E-state index contributed by atoms with van der Waals surface area (Å²) in [7, 11) is 0. The molecule has 7 heteroatoms. The third-order valence-electron chi connectivity index (χ3n) is 6.05. The van der Waals surface area contributed by atoms with Gasteiger partial charge in [0.25, 0.3) is 0 Å². The van der Waals surface area contributed by atoms with Crippen LogP contribution in [0.5, 0.6) is 0 Å². The molecule has 4 aromatic rings. The number of rotatable bonds is 7. The van der Waals surface area contributed by atoms with E-state index in [2.05, 4.69) is 25.6 Å². The number of halogens is 2. The van der Waals surface area contributed by atoms with Crippen molar-refractivity contribution >= 4 is 11.0 Å². The van der Waals surface area contributed by atoms with Crippen molar-refractivity contribution in [1.29, 1.82) is 0 Å². The van der Waals surface area contributed by atoms with E-state index in [1.54, 1.807) is 18.2 Å². The number of nitrogens with zero attached hydrogens (tertiary/aromatic N) is 3. The molecule has 1 fully saturated rings. The Hall–Kier alpha value is -3.16. The molecule has 0 aliphatic carbocycles. The molecule has 0 spiro atoms. The van der Waals surface area contributed by atoms with Crippen molar-refractivity contribution < 1.29 is 8.78 Å². The topological polar surface area (TPSA) is 56.8 Å². The number of hydrogen-bond acceptors (Lipinski definition) is 4. The van der Waals surface area contributed by atoms with Crippen molar-refractivity contribution in [2.24, 2.45) is 0 Å². The minimum Gasteiger partial charge on any atom is -0.313 e. The Balaban J connectivity index is 1.41. The largest absolute Gasteiger partial charge is 0.313 e. The smallest absolute Gasteiger partial charge is 0.127 e. The van der Waals surface area contributed by atoms with Crippen LogP contribution in [0.25, 0.3) is 22.2 Å². The second-order valence-corrected chi connectivity index (χ2v) is 8.42. The molecule has 2 heterocycles. The first-order valence-electron chi connectivity index (χ1n) is 10.9. The summed E-state index contributed by atoms with van der Waals surface area (Å²) in [5.74, 6) is -0.472. The van der Waals surface area contributed by atoms with Gasteiger partial charge in [-0.3, -0.25) is 4.90 Å². The van der Waals surface area contributed by atoms with Gasteiger partial charge >= 0.3 is 0 Å². The third-order valence-corrected chi connectivity index (χ3v) is 6.05. The first-order valence-corrected chi connectivity index (χ1v) is 10.9. The van der Waals surface area contributed by atoms with Crippen molar-refractivity contribution in [2.45, 2.75) is 32.0 Å². The van der Waals surface area contributed by atoms with E-state index in [4.69, 9.17) is 0 Å².